The number of nitrogens with one attached hydrogen (secondary N) is 1. The van der Waals surface area contributed by atoms with Crippen LogP contribution in [0.2, 0.25) is 0 Å². The Balaban J connectivity index is 1.78. The first kappa shape index (κ1) is 17.4. The SMILES string of the molecule is C[C@H](OC(=O)c1ccc(F)cc1N)C(=O)N1CC(=O)Nc2ccccc21. The number of anilines is 3. The molecule has 1 aliphatic rings. The number of esters is 1. The number of halogens is 1. The average Bonchev–Trinajstić information content (AvgIpc) is 2.60. The highest BCUT2D eigenvalue weighted by atomic mass is 19.1. The van der Waals surface area contributed by atoms with Crippen LogP contribution in [0.4, 0.5) is 21.5 Å². The van der Waals surface area contributed by atoms with Crippen LogP contribution in [0.25, 0.3) is 0 Å². The van der Waals surface area contributed by atoms with Crippen molar-refractivity contribution in [2.45, 2.75) is 13.0 Å². The zero-order valence-electron chi connectivity index (χ0n) is 13.9. The number of hydrogen-bond acceptors (Lipinski definition) is 5. The summed E-state index contributed by atoms with van der Waals surface area (Å²) in [6.45, 7) is 1.21. The Morgan fingerprint density at radius 2 is 2.00 bits per heavy atom. The lowest BCUT2D eigenvalue weighted by Crippen LogP contribution is -2.47. The predicted molar refractivity (Wildman–Crippen MR) is 93.1 cm³/mol. The second-order valence-corrected chi connectivity index (χ2v) is 5.77. The highest BCUT2D eigenvalue weighted by Gasteiger charge is 2.31. The summed E-state index contributed by atoms with van der Waals surface area (Å²) in [4.78, 5) is 38.0. The average molecular weight is 357 g/mol. The van der Waals surface area contributed by atoms with Crippen LogP contribution in [0.1, 0.15) is 17.3 Å². The molecule has 7 nitrogen and oxygen atoms in total. The molecule has 1 atom stereocenters. The minimum Gasteiger partial charge on any atom is -0.449 e. The summed E-state index contributed by atoms with van der Waals surface area (Å²) in [5.74, 6) is -2.34. The van der Waals surface area contributed by atoms with Gasteiger partial charge >= 0.3 is 5.97 Å². The van der Waals surface area contributed by atoms with Gasteiger partial charge in [-0.3, -0.25) is 14.5 Å². The van der Waals surface area contributed by atoms with E-state index in [1.807, 2.05) is 0 Å². The van der Waals surface area contributed by atoms with Gasteiger partial charge in [-0.05, 0) is 37.3 Å². The second kappa shape index (κ2) is 6.83. The van der Waals surface area contributed by atoms with Gasteiger partial charge in [0.15, 0.2) is 6.10 Å². The van der Waals surface area contributed by atoms with Gasteiger partial charge in [0.1, 0.15) is 12.4 Å². The number of benzene rings is 2. The van der Waals surface area contributed by atoms with Crippen LogP contribution in [-0.4, -0.2) is 30.4 Å². The van der Waals surface area contributed by atoms with Crippen LogP contribution in [0.5, 0.6) is 0 Å². The van der Waals surface area contributed by atoms with Crippen LogP contribution in [-0.2, 0) is 14.3 Å². The summed E-state index contributed by atoms with van der Waals surface area (Å²) in [6, 6.07) is 10.1. The molecule has 3 rings (SSSR count). The molecule has 0 bridgehead atoms. The molecule has 8 heteroatoms. The maximum atomic E-state index is 13.1. The van der Waals surface area contributed by atoms with Crippen molar-refractivity contribution in [2.24, 2.45) is 0 Å². The fraction of sp³-hybridized carbons (Fsp3) is 0.167. The van der Waals surface area contributed by atoms with Crippen molar-refractivity contribution in [3.05, 3.63) is 53.8 Å². The molecule has 0 saturated heterocycles. The van der Waals surface area contributed by atoms with Crippen LogP contribution < -0.4 is 16.0 Å². The van der Waals surface area contributed by atoms with Gasteiger partial charge in [-0.15, -0.1) is 0 Å². The Kier molecular flexibility index (Phi) is 4.57. The number of amides is 2. The van der Waals surface area contributed by atoms with Gasteiger partial charge in [0.2, 0.25) is 5.91 Å². The molecule has 0 aliphatic carbocycles. The van der Waals surface area contributed by atoms with E-state index >= 15 is 0 Å². The predicted octanol–water partition coefficient (Wildman–Crippen LogP) is 1.94. The molecule has 2 aromatic rings. The number of rotatable bonds is 3. The molecule has 1 heterocycles. The topological polar surface area (TPSA) is 102 Å². The zero-order chi connectivity index (χ0) is 18.8. The fourth-order valence-corrected chi connectivity index (χ4v) is 2.64. The highest BCUT2D eigenvalue weighted by Crippen LogP contribution is 2.29. The summed E-state index contributed by atoms with van der Waals surface area (Å²) in [5, 5.41) is 2.67. The number of nitrogen functional groups attached to an aromatic ring is 1. The standard InChI is InChI=1S/C18H16FN3O4/c1-10(26-18(25)12-7-6-11(19)8-13(12)20)17(24)22-9-16(23)21-14-4-2-3-5-15(14)22/h2-8,10H,9,20H2,1H3,(H,21,23)/t10-/m0/s1. The highest BCUT2D eigenvalue weighted by molar-refractivity contribution is 6.11. The third kappa shape index (κ3) is 3.34. The van der Waals surface area contributed by atoms with Crippen molar-refractivity contribution in [1.29, 1.82) is 0 Å². The molecule has 2 amide bonds. The van der Waals surface area contributed by atoms with Crippen molar-refractivity contribution in [2.75, 3.05) is 22.5 Å². The quantitative estimate of drug-likeness (QED) is 0.646. The summed E-state index contributed by atoms with van der Waals surface area (Å²) in [5.41, 5.74) is 6.50. The van der Waals surface area contributed by atoms with Crippen LogP contribution >= 0.6 is 0 Å². The van der Waals surface area contributed by atoms with Gasteiger partial charge in [0, 0.05) is 5.69 Å². The zero-order valence-corrected chi connectivity index (χ0v) is 13.9. The first-order valence-corrected chi connectivity index (χ1v) is 7.83. The largest absolute Gasteiger partial charge is 0.449 e. The number of nitrogens with two attached hydrogens (primary N) is 1. The van der Waals surface area contributed by atoms with E-state index in [4.69, 9.17) is 10.5 Å². The third-order valence-electron chi connectivity index (χ3n) is 3.90. The number of fused-ring (bicyclic) bond motifs is 1. The second-order valence-electron chi connectivity index (χ2n) is 5.77. The van der Waals surface area contributed by atoms with Gasteiger partial charge in [-0.1, -0.05) is 12.1 Å². The lowest BCUT2D eigenvalue weighted by molar-refractivity contribution is -0.128. The molecule has 0 radical (unpaired) electrons. The van der Waals surface area contributed by atoms with E-state index in [0.717, 1.165) is 12.1 Å². The Morgan fingerprint density at radius 3 is 2.73 bits per heavy atom. The number of nitrogens with zero attached hydrogens (tertiary/aromatic N) is 1. The van der Waals surface area contributed by atoms with Gasteiger partial charge in [-0.2, -0.15) is 0 Å². The van der Waals surface area contributed by atoms with E-state index in [1.54, 1.807) is 24.3 Å². The van der Waals surface area contributed by atoms with E-state index in [-0.39, 0.29) is 23.7 Å². The number of hydrogen-bond donors (Lipinski definition) is 2. The summed E-state index contributed by atoms with van der Waals surface area (Å²) in [6.07, 6.45) is -1.16. The molecular formula is C18H16FN3O4. The monoisotopic (exact) mass is 357 g/mol. The van der Waals surface area contributed by atoms with Gasteiger partial charge in [0.05, 0.1) is 16.9 Å². The van der Waals surface area contributed by atoms with Crippen molar-refractivity contribution < 1.29 is 23.5 Å². The first-order chi connectivity index (χ1) is 12.4. The molecule has 0 fully saturated rings. The Morgan fingerprint density at radius 1 is 1.27 bits per heavy atom. The van der Waals surface area contributed by atoms with E-state index in [0.29, 0.717) is 11.4 Å². The van der Waals surface area contributed by atoms with E-state index < -0.39 is 23.8 Å². The molecule has 1 aliphatic heterocycles. The lowest BCUT2D eigenvalue weighted by Gasteiger charge is -2.30. The maximum Gasteiger partial charge on any atom is 0.341 e. The third-order valence-corrected chi connectivity index (χ3v) is 3.90. The molecule has 26 heavy (non-hydrogen) atoms. The molecule has 0 saturated carbocycles. The number of ether oxygens (including phenoxy) is 1. The van der Waals surface area contributed by atoms with Gasteiger partial charge in [-0.25, -0.2) is 9.18 Å². The molecule has 0 aromatic heterocycles. The van der Waals surface area contributed by atoms with Crippen molar-refractivity contribution in [1.82, 2.24) is 0 Å². The minimum absolute atomic E-state index is 0.0390. The normalized spacial score (nSPS) is 14.2. The van der Waals surface area contributed by atoms with Crippen LogP contribution in [0, 0.1) is 5.82 Å². The molecular weight excluding hydrogens is 341 g/mol. The van der Waals surface area contributed by atoms with Gasteiger partial charge < -0.3 is 15.8 Å². The smallest absolute Gasteiger partial charge is 0.341 e. The Bertz CT molecular complexity index is 900. The summed E-state index contributed by atoms with van der Waals surface area (Å²) in [7, 11) is 0. The fourth-order valence-electron chi connectivity index (χ4n) is 2.64. The summed E-state index contributed by atoms with van der Waals surface area (Å²) < 4.78 is 18.2. The number of carbonyl (C=O) groups excluding carboxylic acids is 3. The van der Waals surface area contributed by atoms with E-state index in [2.05, 4.69) is 5.32 Å². The number of carbonyl (C=O) groups is 3. The minimum atomic E-state index is -1.16. The van der Waals surface area contributed by atoms with Crippen LogP contribution in [0.3, 0.4) is 0 Å². The summed E-state index contributed by atoms with van der Waals surface area (Å²) >= 11 is 0. The first-order valence-electron chi connectivity index (χ1n) is 7.83. The molecule has 0 unspecified atom stereocenters. The van der Waals surface area contributed by atoms with E-state index in [9.17, 15) is 18.8 Å². The molecule has 134 valence electrons. The molecule has 2 aromatic carbocycles. The lowest BCUT2D eigenvalue weighted by atomic mass is 10.1. The van der Waals surface area contributed by atoms with Crippen LogP contribution in [0.15, 0.2) is 42.5 Å². The van der Waals surface area contributed by atoms with E-state index in [1.165, 1.54) is 17.9 Å². The van der Waals surface area contributed by atoms with Gasteiger partial charge in [0.25, 0.3) is 5.91 Å². The Hall–Kier alpha value is -3.42. The molecule has 0 spiro atoms. The van der Waals surface area contributed by atoms with Crippen molar-refractivity contribution in [3.8, 4) is 0 Å². The van der Waals surface area contributed by atoms with Crippen molar-refractivity contribution in [3.63, 3.8) is 0 Å². The maximum absolute atomic E-state index is 13.1. The Labute approximate surface area is 148 Å². The molecule has 3 N–H and O–H groups in total. The number of para-hydroxylation sites is 2. The van der Waals surface area contributed by atoms with Crippen molar-refractivity contribution >= 4 is 34.8 Å².